The van der Waals surface area contributed by atoms with Crippen molar-refractivity contribution in [1.29, 1.82) is 0 Å². The van der Waals surface area contributed by atoms with Crippen molar-refractivity contribution in [2.45, 2.75) is 24.7 Å². The summed E-state index contributed by atoms with van der Waals surface area (Å²) in [5.41, 5.74) is 0. The maximum Gasteiger partial charge on any atom is 0.471 e. The van der Waals surface area contributed by atoms with E-state index in [1.807, 2.05) is 0 Å². The van der Waals surface area contributed by atoms with E-state index in [1.54, 1.807) is 0 Å². The van der Waals surface area contributed by atoms with Crippen LogP contribution in [0.15, 0.2) is 24.3 Å². The first-order valence-electron chi connectivity index (χ1n) is 6.61. The molecule has 2 unspecified atom stereocenters. The van der Waals surface area contributed by atoms with Crippen LogP contribution in [0.4, 0.5) is 17.6 Å². The Morgan fingerprint density at radius 1 is 1.26 bits per heavy atom. The molecule has 1 saturated heterocycles. The number of hydrogen-bond donors (Lipinski definition) is 0. The Hall–Kier alpha value is -2.32. The molecular formula is C14H13F4NO4. The molecule has 1 aliphatic heterocycles. The smallest absolute Gasteiger partial charge is 0.471 e. The number of rotatable bonds is 3. The molecule has 0 bridgehead atoms. The Bertz CT molecular complexity index is 605. The molecule has 0 saturated carbocycles. The van der Waals surface area contributed by atoms with Crippen LogP contribution in [0, 0.1) is 5.82 Å². The third-order valence-corrected chi connectivity index (χ3v) is 3.37. The van der Waals surface area contributed by atoms with Crippen molar-refractivity contribution < 1.29 is 36.6 Å². The van der Waals surface area contributed by atoms with Gasteiger partial charge in [0.05, 0.1) is 13.7 Å². The Labute approximate surface area is 128 Å². The van der Waals surface area contributed by atoms with E-state index in [4.69, 9.17) is 4.74 Å². The fraction of sp³-hybridized carbons (Fsp3) is 0.429. The number of para-hydroxylation sites is 1. The Kier molecular flexibility index (Phi) is 4.76. The molecule has 2 rings (SSSR count). The molecule has 9 heteroatoms. The first-order valence-corrected chi connectivity index (χ1v) is 6.61. The summed E-state index contributed by atoms with van der Waals surface area (Å²) in [5, 5.41) is 0. The molecule has 0 spiro atoms. The number of alkyl halides is 3. The van der Waals surface area contributed by atoms with Crippen LogP contribution in [-0.4, -0.2) is 48.8 Å². The van der Waals surface area contributed by atoms with Crippen molar-refractivity contribution in [2.75, 3.05) is 13.7 Å². The number of carbonyl (C=O) groups is 2. The normalized spacial score (nSPS) is 21.2. The molecule has 0 aliphatic carbocycles. The molecule has 1 heterocycles. The van der Waals surface area contributed by atoms with Gasteiger partial charge in [0.1, 0.15) is 12.1 Å². The lowest BCUT2D eigenvalue weighted by molar-refractivity contribution is -0.188. The lowest BCUT2D eigenvalue weighted by atomic mass is 10.2. The van der Waals surface area contributed by atoms with Crippen LogP contribution < -0.4 is 4.74 Å². The van der Waals surface area contributed by atoms with E-state index in [-0.39, 0.29) is 12.2 Å². The molecule has 0 aromatic heterocycles. The van der Waals surface area contributed by atoms with E-state index in [9.17, 15) is 27.2 Å². The minimum absolute atomic E-state index is 0.164. The summed E-state index contributed by atoms with van der Waals surface area (Å²) in [6.07, 6.45) is -6.30. The van der Waals surface area contributed by atoms with Crippen molar-refractivity contribution in [3.8, 4) is 5.75 Å². The molecule has 126 valence electrons. The maximum absolute atomic E-state index is 13.5. The van der Waals surface area contributed by atoms with Crippen molar-refractivity contribution in [3.63, 3.8) is 0 Å². The van der Waals surface area contributed by atoms with Gasteiger partial charge in [-0.3, -0.25) is 4.79 Å². The van der Waals surface area contributed by atoms with Gasteiger partial charge in [-0.05, 0) is 12.1 Å². The Balaban J connectivity index is 2.18. The number of amides is 1. The van der Waals surface area contributed by atoms with Gasteiger partial charge in [0.25, 0.3) is 0 Å². The molecule has 1 amide bonds. The fourth-order valence-electron chi connectivity index (χ4n) is 2.35. The molecule has 23 heavy (non-hydrogen) atoms. The summed E-state index contributed by atoms with van der Waals surface area (Å²) < 4.78 is 61.1. The van der Waals surface area contributed by atoms with Crippen LogP contribution in [0.3, 0.4) is 0 Å². The molecule has 2 atom stereocenters. The van der Waals surface area contributed by atoms with Crippen molar-refractivity contribution in [2.24, 2.45) is 0 Å². The minimum Gasteiger partial charge on any atom is -0.485 e. The SMILES string of the molecule is COC(=O)C1CC(Oc2ccccc2F)CN1C(=O)C(F)(F)F. The molecule has 1 fully saturated rings. The number of nitrogens with zero attached hydrogens (tertiary/aromatic N) is 1. The number of likely N-dealkylation sites (tertiary alicyclic amines) is 1. The van der Waals surface area contributed by atoms with Crippen molar-refractivity contribution in [1.82, 2.24) is 4.90 Å². The summed E-state index contributed by atoms with van der Waals surface area (Å²) in [5.74, 6) is -4.00. The monoisotopic (exact) mass is 335 g/mol. The van der Waals surface area contributed by atoms with E-state index in [0.717, 1.165) is 13.2 Å². The van der Waals surface area contributed by atoms with Crippen LogP contribution in [0.25, 0.3) is 0 Å². The van der Waals surface area contributed by atoms with Crippen molar-refractivity contribution >= 4 is 11.9 Å². The standard InChI is InChI=1S/C14H13F4NO4/c1-22-12(20)10-6-8(7-19(10)13(21)14(16,17)18)23-11-5-3-2-4-9(11)15/h2-5,8,10H,6-7H2,1H3. The van der Waals surface area contributed by atoms with Gasteiger partial charge in [0.15, 0.2) is 11.6 Å². The van der Waals surface area contributed by atoms with Gasteiger partial charge in [-0.1, -0.05) is 12.1 Å². The van der Waals surface area contributed by atoms with E-state index in [1.165, 1.54) is 18.2 Å². The van der Waals surface area contributed by atoms with Gasteiger partial charge >= 0.3 is 18.1 Å². The number of hydrogen-bond acceptors (Lipinski definition) is 4. The zero-order valence-corrected chi connectivity index (χ0v) is 12.0. The zero-order chi connectivity index (χ0) is 17.2. The molecular weight excluding hydrogens is 322 g/mol. The van der Waals surface area contributed by atoms with Crippen LogP contribution in [0.5, 0.6) is 5.75 Å². The van der Waals surface area contributed by atoms with E-state index >= 15 is 0 Å². The Morgan fingerprint density at radius 2 is 1.91 bits per heavy atom. The molecule has 1 aliphatic rings. The van der Waals surface area contributed by atoms with Gasteiger partial charge in [-0.25, -0.2) is 9.18 Å². The highest BCUT2D eigenvalue weighted by molar-refractivity contribution is 5.88. The minimum atomic E-state index is -5.13. The van der Waals surface area contributed by atoms with Gasteiger partial charge in [0, 0.05) is 6.42 Å². The van der Waals surface area contributed by atoms with Gasteiger partial charge in [0.2, 0.25) is 0 Å². The number of benzene rings is 1. The average molecular weight is 335 g/mol. The number of esters is 1. The van der Waals surface area contributed by atoms with Gasteiger partial charge < -0.3 is 14.4 Å². The maximum atomic E-state index is 13.5. The van der Waals surface area contributed by atoms with Crippen LogP contribution in [-0.2, 0) is 14.3 Å². The van der Waals surface area contributed by atoms with Gasteiger partial charge in [-0.15, -0.1) is 0 Å². The van der Waals surface area contributed by atoms with Crippen molar-refractivity contribution in [3.05, 3.63) is 30.1 Å². The highest BCUT2D eigenvalue weighted by Crippen LogP contribution is 2.29. The van der Waals surface area contributed by atoms with Gasteiger partial charge in [-0.2, -0.15) is 13.2 Å². The molecule has 5 nitrogen and oxygen atoms in total. The second-order valence-electron chi connectivity index (χ2n) is 4.90. The molecule has 1 aromatic rings. The number of carbonyl (C=O) groups excluding carboxylic acids is 2. The Morgan fingerprint density at radius 3 is 2.48 bits per heavy atom. The summed E-state index contributed by atoms with van der Waals surface area (Å²) in [7, 11) is 1.00. The lowest BCUT2D eigenvalue weighted by Gasteiger charge is -2.23. The van der Waals surface area contributed by atoms with E-state index in [0.29, 0.717) is 4.90 Å². The highest BCUT2D eigenvalue weighted by Gasteiger charge is 2.51. The topological polar surface area (TPSA) is 55.8 Å². The van der Waals surface area contributed by atoms with Crippen LogP contribution in [0.1, 0.15) is 6.42 Å². The largest absolute Gasteiger partial charge is 0.485 e. The summed E-state index contributed by atoms with van der Waals surface area (Å²) in [6.45, 7) is -0.494. The molecule has 0 N–H and O–H groups in total. The third-order valence-electron chi connectivity index (χ3n) is 3.37. The third kappa shape index (κ3) is 3.72. The first-order chi connectivity index (χ1) is 10.7. The second kappa shape index (κ2) is 6.43. The predicted octanol–water partition coefficient (Wildman–Crippen LogP) is 1.91. The average Bonchev–Trinajstić information content (AvgIpc) is 2.90. The second-order valence-corrected chi connectivity index (χ2v) is 4.90. The molecule has 0 radical (unpaired) electrons. The number of halogens is 4. The number of ether oxygens (including phenoxy) is 2. The highest BCUT2D eigenvalue weighted by atomic mass is 19.4. The number of methoxy groups -OCH3 is 1. The summed E-state index contributed by atoms with van der Waals surface area (Å²) in [6, 6.07) is 3.92. The summed E-state index contributed by atoms with van der Waals surface area (Å²) in [4.78, 5) is 23.4. The molecule has 1 aromatic carbocycles. The van der Waals surface area contributed by atoms with E-state index in [2.05, 4.69) is 4.74 Å². The quantitative estimate of drug-likeness (QED) is 0.625. The first kappa shape index (κ1) is 17.0. The van der Waals surface area contributed by atoms with Crippen LogP contribution in [0.2, 0.25) is 0 Å². The van der Waals surface area contributed by atoms with E-state index < -0.39 is 42.6 Å². The summed E-state index contributed by atoms with van der Waals surface area (Å²) >= 11 is 0. The fourth-order valence-corrected chi connectivity index (χ4v) is 2.35. The lowest BCUT2D eigenvalue weighted by Crippen LogP contribution is -2.47. The predicted molar refractivity (Wildman–Crippen MR) is 69.0 cm³/mol. The zero-order valence-electron chi connectivity index (χ0n) is 12.0. The van der Waals surface area contributed by atoms with Crippen LogP contribution >= 0.6 is 0 Å².